The zero-order valence-electron chi connectivity index (χ0n) is 10.5. The molecule has 1 unspecified atom stereocenters. The quantitative estimate of drug-likeness (QED) is 0.722. The number of hydrogen-bond acceptors (Lipinski definition) is 3. The summed E-state index contributed by atoms with van der Waals surface area (Å²) in [6.07, 6.45) is 2.60. The van der Waals surface area contributed by atoms with Crippen LogP contribution in [0.4, 0.5) is 0 Å². The van der Waals surface area contributed by atoms with E-state index in [1.165, 1.54) is 32.5 Å². The van der Waals surface area contributed by atoms with Gasteiger partial charge >= 0.3 is 0 Å². The van der Waals surface area contributed by atoms with Gasteiger partial charge in [-0.25, -0.2) is 0 Å². The van der Waals surface area contributed by atoms with Crippen molar-refractivity contribution in [3.8, 4) is 0 Å². The molecule has 1 aliphatic rings. The lowest BCUT2D eigenvalue weighted by atomic mass is 10.0. The van der Waals surface area contributed by atoms with Gasteiger partial charge in [0, 0.05) is 26.3 Å². The molecule has 0 radical (unpaired) electrons. The summed E-state index contributed by atoms with van der Waals surface area (Å²) in [5, 5.41) is 3.64. The Morgan fingerprint density at radius 2 is 2.07 bits per heavy atom. The average Bonchev–Trinajstić information content (AvgIpc) is 2.27. The standard InChI is InChI=1S/C12H26N2O/c1-4-14-7-5-12(6-8-14)13-9-11(2)10-15-3/h11-13H,4-10H2,1-3H3. The lowest BCUT2D eigenvalue weighted by Crippen LogP contribution is -2.43. The Balaban J connectivity index is 2.08. The van der Waals surface area contributed by atoms with Crippen molar-refractivity contribution in [1.29, 1.82) is 0 Å². The summed E-state index contributed by atoms with van der Waals surface area (Å²) >= 11 is 0. The van der Waals surface area contributed by atoms with Gasteiger partial charge in [0.1, 0.15) is 0 Å². The van der Waals surface area contributed by atoms with E-state index in [1.807, 2.05) is 0 Å². The Kier molecular flexibility index (Phi) is 6.22. The minimum atomic E-state index is 0.624. The van der Waals surface area contributed by atoms with E-state index in [9.17, 15) is 0 Å². The molecule has 3 nitrogen and oxygen atoms in total. The van der Waals surface area contributed by atoms with Crippen LogP contribution in [-0.4, -0.2) is 50.8 Å². The topological polar surface area (TPSA) is 24.5 Å². The average molecular weight is 214 g/mol. The molecule has 1 fully saturated rings. The predicted octanol–water partition coefficient (Wildman–Crippen LogP) is 1.34. The van der Waals surface area contributed by atoms with Crippen molar-refractivity contribution in [1.82, 2.24) is 10.2 Å². The third-order valence-corrected chi connectivity index (χ3v) is 3.24. The zero-order chi connectivity index (χ0) is 11.1. The Hall–Kier alpha value is -0.120. The van der Waals surface area contributed by atoms with Crippen LogP contribution in [0.2, 0.25) is 0 Å². The van der Waals surface area contributed by atoms with Gasteiger partial charge in [0.15, 0.2) is 0 Å². The van der Waals surface area contributed by atoms with Crippen LogP contribution in [0.25, 0.3) is 0 Å². The van der Waals surface area contributed by atoms with Crippen LogP contribution in [0.1, 0.15) is 26.7 Å². The van der Waals surface area contributed by atoms with Crippen molar-refractivity contribution in [3.05, 3.63) is 0 Å². The summed E-state index contributed by atoms with van der Waals surface area (Å²) in [4.78, 5) is 2.52. The van der Waals surface area contributed by atoms with E-state index in [-0.39, 0.29) is 0 Å². The van der Waals surface area contributed by atoms with E-state index in [4.69, 9.17) is 4.74 Å². The number of ether oxygens (including phenoxy) is 1. The molecule has 3 heteroatoms. The van der Waals surface area contributed by atoms with Gasteiger partial charge in [-0.3, -0.25) is 0 Å². The van der Waals surface area contributed by atoms with Crippen LogP contribution in [0.3, 0.4) is 0 Å². The highest BCUT2D eigenvalue weighted by Gasteiger charge is 2.17. The van der Waals surface area contributed by atoms with Gasteiger partial charge in [0.2, 0.25) is 0 Å². The minimum Gasteiger partial charge on any atom is -0.384 e. The van der Waals surface area contributed by atoms with Gasteiger partial charge in [-0.1, -0.05) is 13.8 Å². The molecule has 0 aromatic carbocycles. The maximum absolute atomic E-state index is 5.13. The first-order valence-electron chi connectivity index (χ1n) is 6.21. The molecule has 1 N–H and O–H groups in total. The van der Waals surface area contributed by atoms with Gasteiger partial charge < -0.3 is 15.0 Å². The fourth-order valence-electron chi connectivity index (χ4n) is 2.16. The third kappa shape index (κ3) is 4.96. The molecular weight excluding hydrogens is 188 g/mol. The lowest BCUT2D eigenvalue weighted by molar-refractivity contribution is 0.150. The zero-order valence-corrected chi connectivity index (χ0v) is 10.5. The van der Waals surface area contributed by atoms with Crippen molar-refractivity contribution in [3.63, 3.8) is 0 Å². The summed E-state index contributed by atoms with van der Waals surface area (Å²) in [5.74, 6) is 0.624. The molecule has 0 bridgehead atoms. The number of methoxy groups -OCH3 is 1. The van der Waals surface area contributed by atoms with Crippen LogP contribution in [0.15, 0.2) is 0 Å². The monoisotopic (exact) mass is 214 g/mol. The molecule has 1 atom stereocenters. The second kappa shape index (κ2) is 7.20. The number of hydrogen-bond donors (Lipinski definition) is 1. The lowest BCUT2D eigenvalue weighted by Gasteiger charge is -2.32. The van der Waals surface area contributed by atoms with E-state index >= 15 is 0 Å². The van der Waals surface area contributed by atoms with Crippen molar-refractivity contribution in [2.75, 3.05) is 39.9 Å². The van der Waals surface area contributed by atoms with E-state index in [0.29, 0.717) is 5.92 Å². The van der Waals surface area contributed by atoms with E-state index < -0.39 is 0 Å². The molecule has 1 heterocycles. The molecule has 0 saturated carbocycles. The van der Waals surface area contributed by atoms with Crippen LogP contribution >= 0.6 is 0 Å². The highest BCUT2D eigenvalue weighted by molar-refractivity contribution is 4.77. The molecule has 90 valence electrons. The molecule has 0 aromatic rings. The summed E-state index contributed by atoms with van der Waals surface area (Å²) < 4.78 is 5.13. The van der Waals surface area contributed by atoms with E-state index in [0.717, 1.165) is 19.2 Å². The van der Waals surface area contributed by atoms with Gasteiger partial charge in [-0.15, -0.1) is 0 Å². The molecule has 1 rings (SSSR count). The predicted molar refractivity (Wildman–Crippen MR) is 64.2 cm³/mol. The second-order valence-corrected chi connectivity index (χ2v) is 4.68. The molecule has 15 heavy (non-hydrogen) atoms. The van der Waals surface area contributed by atoms with Crippen LogP contribution in [0.5, 0.6) is 0 Å². The van der Waals surface area contributed by atoms with Gasteiger partial charge in [-0.05, 0) is 38.4 Å². The van der Waals surface area contributed by atoms with Gasteiger partial charge in [0.05, 0.1) is 0 Å². The molecule has 0 spiro atoms. The normalized spacial score (nSPS) is 21.8. The molecule has 1 saturated heterocycles. The maximum atomic E-state index is 5.13. The largest absolute Gasteiger partial charge is 0.384 e. The Labute approximate surface area is 94.2 Å². The Morgan fingerprint density at radius 3 is 2.60 bits per heavy atom. The molecule has 0 aromatic heterocycles. The van der Waals surface area contributed by atoms with Crippen LogP contribution in [0, 0.1) is 5.92 Å². The molecule has 0 amide bonds. The first-order chi connectivity index (χ1) is 7.26. The number of nitrogens with zero attached hydrogens (tertiary/aromatic N) is 1. The second-order valence-electron chi connectivity index (χ2n) is 4.68. The van der Waals surface area contributed by atoms with E-state index in [2.05, 4.69) is 24.1 Å². The highest BCUT2D eigenvalue weighted by Crippen LogP contribution is 2.10. The minimum absolute atomic E-state index is 0.624. The Bertz CT molecular complexity index is 156. The molecule has 1 aliphatic heterocycles. The van der Waals surface area contributed by atoms with Crippen molar-refractivity contribution in [2.45, 2.75) is 32.7 Å². The summed E-state index contributed by atoms with van der Waals surface area (Å²) in [6, 6.07) is 0.729. The van der Waals surface area contributed by atoms with E-state index in [1.54, 1.807) is 7.11 Å². The van der Waals surface area contributed by atoms with Gasteiger partial charge in [-0.2, -0.15) is 0 Å². The summed E-state index contributed by atoms with van der Waals surface area (Å²) in [6.45, 7) is 10.1. The maximum Gasteiger partial charge on any atom is 0.0499 e. The fourth-order valence-corrected chi connectivity index (χ4v) is 2.16. The van der Waals surface area contributed by atoms with Gasteiger partial charge in [0.25, 0.3) is 0 Å². The van der Waals surface area contributed by atoms with Crippen LogP contribution < -0.4 is 5.32 Å². The first-order valence-corrected chi connectivity index (χ1v) is 6.21. The fraction of sp³-hybridized carbons (Fsp3) is 1.00. The summed E-state index contributed by atoms with van der Waals surface area (Å²) in [5.41, 5.74) is 0. The van der Waals surface area contributed by atoms with Crippen molar-refractivity contribution >= 4 is 0 Å². The summed E-state index contributed by atoms with van der Waals surface area (Å²) in [7, 11) is 1.77. The number of piperidine rings is 1. The smallest absolute Gasteiger partial charge is 0.0499 e. The molecule has 0 aliphatic carbocycles. The number of rotatable bonds is 6. The van der Waals surface area contributed by atoms with Crippen molar-refractivity contribution < 1.29 is 4.74 Å². The number of nitrogens with one attached hydrogen (secondary N) is 1. The SMILES string of the molecule is CCN1CCC(NCC(C)COC)CC1. The third-order valence-electron chi connectivity index (χ3n) is 3.24. The highest BCUT2D eigenvalue weighted by atomic mass is 16.5. The van der Waals surface area contributed by atoms with Crippen LogP contribution in [-0.2, 0) is 4.74 Å². The first kappa shape index (κ1) is 12.9. The Morgan fingerprint density at radius 1 is 1.40 bits per heavy atom. The van der Waals surface area contributed by atoms with Crippen molar-refractivity contribution in [2.24, 2.45) is 5.92 Å². The molecular formula is C12H26N2O. The number of likely N-dealkylation sites (tertiary alicyclic amines) is 1.